The Morgan fingerprint density at radius 2 is 1.81 bits per heavy atom. The lowest BCUT2D eigenvalue weighted by Crippen LogP contribution is -2.46. The van der Waals surface area contributed by atoms with Crippen molar-refractivity contribution >= 4 is 28.5 Å². The fourth-order valence-corrected chi connectivity index (χ4v) is 4.50. The minimum atomic E-state index is -0.0836. The number of nitrogens with one attached hydrogen (secondary N) is 1. The van der Waals surface area contributed by atoms with Gasteiger partial charge in [-0.2, -0.15) is 0 Å². The lowest BCUT2D eigenvalue weighted by Gasteiger charge is -2.32. The average Bonchev–Trinajstić information content (AvgIpc) is 3.53. The van der Waals surface area contributed by atoms with Crippen LogP contribution in [0.3, 0.4) is 0 Å². The highest BCUT2D eigenvalue weighted by Gasteiger charge is 2.27. The van der Waals surface area contributed by atoms with Gasteiger partial charge in [-0.15, -0.1) is 0 Å². The van der Waals surface area contributed by atoms with Gasteiger partial charge in [0.05, 0.1) is 22.9 Å². The van der Waals surface area contributed by atoms with Crippen LogP contribution in [0.5, 0.6) is 0 Å². The molecule has 3 aromatic rings. The van der Waals surface area contributed by atoms with E-state index in [1.165, 1.54) is 12.5 Å². The number of hydrogen-bond donors (Lipinski definition) is 1. The zero-order valence-electron chi connectivity index (χ0n) is 17.4. The number of pyridine rings is 1. The van der Waals surface area contributed by atoms with Crippen molar-refractivity contribution in [3.05, 3.63) is 60.1 Å². The van der Waals surface area contributed by atoms with Crippen molar-refractivity contribution in [2.24, 2.45) is 0 Å². The van der Waals surface area contributed by atoms with Crippen molar-refractivity contribution in [3.63, 3.8) is 0 Å². The van der Waals surface area contributed by atoms with Crippen molar-refractivity contribution in [2.75, 3.05) is 31.1 Å². The number of anilines is 1. The summed E-state index contributed by atoms with van der Waals surface area (Å²) in [6.45, 7) is 3.09. The van der Waals surface area contributed by atoms with E-state index in [4.69, 9.17) is 9.40 Å². The van der Waals surface area contributed by atoms with Gasteiger partial charge in [0.15, 0.2) is 0 Å². The Hall–Kier alpha value is -3.35. The Bertz CT molecular complexity index is 1080. The molecule has 5 rings (SSSR count). The van der Waals surface area contributed by atoms with E-state index in [0.717, 1.165) is 55.5 Å². The van der Waals surface area contributed by atoms with Gasteiger partial charge < -0.3 is 19.5 Å². The van der Waals surface area contributed by atoms with Crippen LogP contribution in [-0.4, -0.2) is 53.9 Å². The van der Waals surface area contributed by atoms with Crippen LogP contribution in [0.4, 0.5) is 5.82 Å². The number of carbonyl (C=O) groups excluding carboxylic acids is 2. The second kappa shape index (κ2) is 8.41. The molecule has 2 aromatic heterocycles. The predicted octanol–water partition coefficient (Wildman–Crippen LogP) is 3.46. The molecule has 7 heteroatoms. The summed E-state index contributed by atoms with van der Waals surface area (Å²) in [5, 5.41) is 4.16. The fraction of sp³-hybridized carbons (Fsp3) is 0.375. The molecule has 0 radical (unpaired) electrons. The third-order valence-electron chi connectivity index (χ3n) is 6.24. The number of para-hydroxylation sites is 1. The van der Waals surface area contributed by atoms with Crippen LogP contribution in [0.15, 0.2) is 53.3 Å². The number of piperidine rings is 1. The third-order valence-corrected chi connectivity index (χ3v) is 6.24. The zero-order chi connectivity index (χ0) is 21.2. The largest absolute Gasteiger partial charge is 0.472 e. The second-order valence-corrected chi connectivity index (χ2v) is 8.30. The molecule has 1 N–H and O–H groups in total. The van der Waals surface area contributed by atoms with Gasteiger partial charge in [-0.1, -0.05) is 18.2 Å². The van der Waals surface area contributed by atoms with Gasteiger partial charge in [0.2, 0.25) is 0 Å². The fourth-order valence-electron chi connectivity index (χ4n) is 4.50. The summed E-state index contributed by atoms with van der Waals surface area (Å²) in [6.07, 6.45) is 6.70. The van der Waals surface area contributed by atoms with Crippen molar-refractivity contribution in [1.82, 2.24) is 15.2 Å². The Morgan fingerprint density at radius 1 is 1.03 bits per heavy atom. The SMILES string of the molecule is O=C(NC1CCN(C(=O)c2ccoc2)CC1)c1cc2ccccc2nc1N1CCCC1. The molecule has 7 nitrogen and oxygen atoms in total. The third kappa shape index (κ3) is 4.00. The van der Waals surface area contributed by atoms with Crippen molar-refractivity contribution in [2.45, 2.75) is 31.7 Å². The number of rotatable bonds is 4. The molecule has 31 heavy (non-hydrogen) atoms. The normalized spacial score (nSPS) is 17.3. The van der Waals surface area contributed by atoms with Gasteiger partial charge in [0.25, 0.3) is 11.8 Å². The number of fused-ring (bicyclic) bond motifs is 1. The molecule has 0 saturated carbocycles. The van der Waals surface area contributed by atoms with E-state index in [1.54, 1.807) is 6.07 Å². The molecule has 2 aliphatic heterocycles. The summed E-state index contributed by atoms with van der Waals surface area (Å²) in [5.41, 5.74) is 2.12. The number of carbonyl (C=O) groups is 2. The average molecular weight is 418 g/mol. The monoisotopic (exact) mass is 418 g/mol. The molecular formula is C24H26N4O3. The van der Waals surface area contributed by atoms with Crippen LogP contribution >= 0.6 is 0 Å². The summed E-state index contributed by atoms with van der Waals surface area (Å²) < 4.78 is 5.02. The first kappa shape index (κ1) is 19.6. The minimum absolute atomic E-state index is 0.0198. The maximum atomic E-state index is 13.3. The van der Waals surface area contributed by atoms with Gasteiger partial charge in [0.1, 0.15) is 12.1 Å². The molecular weight excluding hydrogens is 392 g/mol. The molecule has 4 heterocycles. The summed E-state index contributed by atoms with van der Waals surface area (Å²) in [6, 6.07) is 11.6. The number of aromatic nitrogens is 1. The molecule has 2 amide bonds. The molecule has 0 spiro atoms. The van der Waals surface area contributed by atoms with E-state index in [0.29, 0.717) is 24.2 Å². The van der Waals surface area contributed by atoms with Crippen LogP contribution in [0.25, 0.3) is 10.9 Å². The van der Waals surface area contributed by atoms with Crippen LogP contribution in [-0.2, 0) is 0 Å². The quantitative estimate of drug-likeness (QED) is 0.702. The number of hydrogen-bond acceptors (Lipinski definition) is 5. The second-order valence-electron chi connectivity index (χ2n) is 8.30. The number of furan rings is 1. The van der Waals surface area contributed by atoms with Gasteiger partial charge in [0, 0.05) is 37.6 Å². The van der Waals surface area contributed by atoms with E-state index in [1.807, 2.05) is 35.2 Å². The molecule has 2 saturated heterocycles. The Kier molecular flexibility index (Phi) is 5.32. The molecule has 0 aliphatic carbocycles. The van der Waals surface area contributed by atoms with E-state index < -0.39 is 0 Å². The molecule has 160 valence electrons. The highest BCUT2D eigenvalue weighted by Crippen LogP contribution is 2.27. The lowest BCUT2D eigenvalue weighted by atomic mass is 10.0. The van der Waals surface area contributed by atoms with Gasteiger partial charge in [-0.05, 0) is 43.9 Å². The van der Waals surface area contributed by atoms with Gasteiger partial charge in [-0.3, -0.25) is 9.59 Å². The number of nitrogens with zero attached hydrogens (tertiary/aromatic N) is 3. The van der Waals surface area contributed by atoms with Crippen LogP contribution in [0.1, 0.15) is 46.4 Å². The predicted molar refractivity (Wildman–Crippen MR) is 118 cm³/mol. The van der Waals surface area contributed by atoms with E-state index in [2.05, 4.69) is 10.2 Å². The highest BCUT2D eigenvalue weighted by molar-refractivity contribution is 6.02. The van der Waals surface area contributed by atoms with Crippen molar-refractivity contribution in [3.8, 4) is 0 Å². The van der Waals surface area contributed by atoms with E-state index in [-0.39, 0.29) is 17.9 Å². The standard InChI is InChI=1S/C24H26N4O3/c29-23(25-19-7-12-28(13-8-19)24(30)18-9-14-31-16-18)20-15-17-5-1-2-6-21(17)26-22(20)27-10-3-4-11-27/h1-2,5-6,9,14-16,19H,3-4,7-8,10-13H2,(H,25,29). The Labute approximate surface area is 181 Å². The van der Waals surface area contributed by atoms with Gasteiger partial charge >= 0.3 is 0 Å². The highest BCUT2D eigenvalue weighted by atomic mass is 16.3. The summed E-state index contributed by atoms with van der Waals surface area (Å²) in [4.78, 5) is 34.6. The minimum Gasteiger partial charge on any atom is -0.472 e. The number of likely N-dealkylation sites (tertiary alicyclic amines) is 1. The lowest BCUT2D eigenvalue weighted by molar-refractivity contribution is 0.0697. The van der Waals surface area contributed by atoms with E-state index >= 15 is 0 Å². The van der Waals surface area contributed by atoms with Crippen LogP contribution in [0, 0.1) is 0 Å². The summed E-state index contributed by atoms with van der Waals surface area (Å²) in [7, 11) is 0. The van der Waals surface area contributed by atoms with Crippen LogP contribution < -0.4 is 10.2 Å². The Morgan fingerprint density at radius 3 is 2.55 bits per heavy atom. The van der Waals surface area contributed by atoms with Gasteiger partial charge in [-0.25, -0.2) is 4.98 Å². The summed E-state index contributed by atoms with van der Waals surface area (Å²) >= 11 is 0. The first-order chi connectivity index (χ1) is 15.2. The van der Waals surface area contributed by atoms with Crippen LogP contribution in [0.2, 0.25) is 0 Å². The number of amides is 2. The Balaban J connectivity index is 1.30. The first-order valence-electron chi connectivity index (χ1n) is 11.0. The zero-order valence-corrected chi connectivity index (χ0v) is 17.4. The molecule has 0 bridgehead atoms. The maximum Gasteiger partial charge on any atom is 0.257 e. The first-order valence-corrected chi connectivity index (χ1v) is 11.0. The van der Waals surface area contributed by atoms with E-state index in [9.17, 15) is 9.59 Å². The van der Waals surface area contributed by atoms with Crippen molar-refractivity contribution in [1.29, 1.82) is 0 Å². The maximum absolute atomic E-state index is 13.3. The smallest absolute Gasteiger partial charge is 0.257 e. The number of benzene rings is 1. The van der Waals surface area contributed by atoms with Crippen molar-refractivity contribution < 1.29 is 14.0 Å². The molecule has 2 fully saturated rings. The molecule has 2 aliphatic rings. The topological polar surface area (TPSA) is 78.7 Å². The molecule has 0 unspecified atom stereocenters. The summed E-state index contributed by atoms with van der Waals surface area (Å²) in [5.74, 6) is 0.676. The molecule has 0 atom stereocenters. The molecule has 1 aromatic carbocycles.